The van der Waals surface area contributed by atoms with E-state index in [0.29, 0.717) is 10.6 Å². The maximum absolute atomic E-state index is 15.2. The quantitative estimate of drug-likeness (QED) is 0.237. The Morgan fingerprint density at radius 3 is 2.51 bits per heavy atom. The standard InChI is InChI=1S/C26H27B4F5N8O4/c1-22(2,26(33,34)35)7-6-14(38-20(44)19-18(12-4-5-12)40-47-41-19)15-10-42-17(37-15)8-13(9-36-42)16(11-46-3)43-21(45)39-24(27,28)23(31,32)25(43,29)30/h8-10,12,14,16H,4-7,11H2,1-3H3,(H,38,44)(H,39,45). The van der Waals surface area contributed by atoms with E-state index in [4.69, 9.17) is 40.8 Å². The van der Waals surface area contributed by atoms with Crippen molar-refractivity contribution in [2.24, 2.45) is 5.41 Å². The number of aromatic nitrogens is 5. The first-order chi connectivity index (χ1) is 21.7. The van der Waals surface area contributed by atoms with Crippen LogP contribution >= 0.6 is 0 Å². The van der Waals surface area contributed by atoms with Gasteiger partial charge in [-0.05, 0) is 36.9 Å². The molecule has 0 bridgehead atoms. The average Bonchev–Trinajstić information content (AvgIpc) is 3.52. The number of hydrogen-bond acceptors (Lipinski definition) is 8. The van der Waals surface area contributed by atoms with Crippen molar-refractivity contribution < 1.29 is 40.9 Å². The van der Waals surface area contributed by atoms with Crippen molar-refractivity contribution in [1.29, 1.82) is 0 Å². The Hall–Kier alpha value is -3.63. The third-order valence-electron chi connectivity index (χ3n) is 8.52. The third kappa shape index (κ3) is 6.22. The minimum atomic E-state index is -4.53. The molecule has 21 heteroatoms. The number of carbonyl (C=O) groups is 2. The number of rotatable bonds is 11. The van der Waals surface area contributed by atoms with Gasteiger partial charge in [-0.15, -0.1) is 0 Å². The molecule has 2 unspecified atom stereocenters. The molecule has 5 rings (SSSR count). The summed E-state index contributed by atoms with van der Waals surface area (Å²) in [5, 5.41) is 9.93. The molecule has 4 heterocycles. The van der Waals surface area contributed by atoms with Gasteiger partial charge >= 0.3 is 12.2 Å². The summed E-state index contributed by atoms with van der Waals surface area (Å²) in [6.45, 7) is 1.69. The minimum Gasteiger partial charge on any atom is -0.382 e. The molecule has 8 radical (unpaired) electrons. The average molecular weight is 654 g/mol. The first kappa shape index (κ1) is 34.7. The molecule has 0 spiro atoms. The van der Waals surface area contributed by atoms with Crippen LogP contribution in [-0.4, -0.2) is 110 Å². The summed E-state index contributed by atoms with van der Waals surface area (Å²) >= 11 is 0. The van der Waals surface area contributed by atoms with Gasteiger partial charge in [0, 0.05) is 29.3 Å². The van der Waals surface area contributed by atoms with Crippen molar-refractivity contribution in [3.05, 3.63) is 41.1 Å². The Labute approximate surface area is 270 Å². The van der Waals surface area contributed by atoms with Crippen molar-refractivity contribution in [3.8, 4) is 0 Å². The Morgan fingerprint density at radius 2 is 1.89 bits per heavy atom. The van der Waals surface area contributed by atoms with Crippen LogP contribution in [0.4, 0.5) is 26.7 Å². The lowest BCUT2D eigenvalue weighted by Crippen LogP contribution is -2.83. The highest BCUT2D eigenvalue weighted by Gasteiger charge is 2.64. The summed E-state index contributed by atoms with van der Waals surface area (Å²) in [5.74, 6) is -4.98. The second-order valence-electron chi connectivity index (χ2n) is 12.5. The molecule has 3 aromatic rings. The van der Waals surface area contributed by atoms with Crippen LogP contribution in [0.2, 0.25) is 0 Å². The van der Waals surface area contributed by atoms with E-state index in [9.17, 15) is 22.8 Å². The molecule has 3 aromatic heterocycles. The van der Waals surface area contributed by atoms with Gasteiger partial charge in [0.05, 0.1) is 73.6 Å². The Morgan fingerprint density at radius 1 is 1.21 bits per heavy atom. The fourth-order valence-corrected chi connectivity index (χ4v) is 5.25. The largest absolute Gasteiger partial charge is 0.393 e. The van der Waals surface area contributed by atoms with Gasteiger partial charge < -0.3 is 20.3 Å². The molecule has 3 amide bonds. The van der Waals surface area contributed by atoms with E-state index in [1.807, 2.05) is 0 Å². The highest BCUT2D eigenvalue weighted by molar-refractivity contribution is 6.48. The molecular formula is C26H27B4F5N8O4. The number of ether oxygens (including phenoxy) is 1. The van der Waals surface area contributed by atoms with Crippen LogP contribution in [0.15, 0.2) is 23.1 Å². The molecule has 242 valence electrons. The predicted molar refractivity (Wildman–Crippen MR) is 157 cm³/mol. The third-order valence-corrected chi connectivity index (χ3v) is 8.52. The molecule has 0 aromatic carbocycles. The molecule has 47 heavy (non-hydrogen) atoms. The number of nitrogens with zero attached hydrogens (tertiary/aromatic N) is 6. The van der Waals surface area contributed by atoms with Crippen molar-refractivity contribution >= 4 is 49.0 Å². The zero-order valence-electron chi connectivity index (χ0n) is 25.5. The number of alkyl halides is 5. The maximum Gasteiger partial charge on any atom is 0.393 e. The second-order valence-corrected chi connectivity index (χ2v) is 12.5. The molecular weight excluding hydrogens is 627 g/mol. The van der Waals surface area contributed by atoms with E-state index < -0.39 is 65.2 Å². The Balaban J connectivity index is 1.49. The lowest BCUT2D eigenvalue weighted by atomic mass is 9.43. The van der Waals surface area contributed by atoms with E-state index in [1.165, 1.54) is 30.1 Å². The lowest BCUT2D eigenvalue weighted by molar-refractivity contribution is -0.214. The summed E-state index contributed by atoms with van der Waals surface area (Å²) in [4.78, 5) is 31.1. The minimum absolute atomic E-state index is 0.00342. The van der Waals surface area contributed by atoms with E-state index >= 15 is 8.78 Å². The first-order valence-corrected chi connectivity index (χ1v) is 14.4. The van der Waals surface area contributed by atoms with E-state index in [2.05, 4.69) is 25.7 Å². The molecule has 2 N–H and O–H groups in total. The fraction of sp³-hybridized carbons (Fsp3) is 0.615. The summed E-state index contributed by atoms with van der Waals surface area (Å²) in [5.41, 5.74) is -1.55. The van der Waals surface area contributed by atoms with Crippen LogP contribution in [0.25, 0.3) is 5.65 Å². The summed E-state index contributed by atoms with van der Waals surface area (Å²) in [6, 6.07) is -2.31. The maximum atomic E-state index is 15.2. The number of hydrogen-bond donors (Lipinski definition) is 2. The molecule has 1 saturated heterocycles. The number of halogens is 5. The summed E-state index contributed by atoms with van der Waals surface area (Å²) in [7, 11) is 23.7. The fourth-order valence-electron chi connectivity index (χ4n) is 5.25. The molecule has 2 aliphatic rings. The van der Waals surface area contributed by atoms with Crippen LogP contribution in [0.1, 0.15) is 85.0 Å². The molecule has 2 fully saturated rings. The first-order valence-electron chi connectivity index (χ1n) is 14.4. The topological polar surface area (TPSA) is 140 Å². The predicted octanol–water partition coefficient (Wildman–Crippen LogP) is 2.16. The van der Waals surface area contributed by atoms with Gasteiger partial charge in [-0.3, -0.25) is 4.79 Å². The smallest absolute Gasteiger partial charge is 0.382 e. The Kier molecular flexibility index (Phi) is 8.72. The zero-order valence-corrected chi connectivity index (χ0v) is 25.5. The van der Waals surface area contributed by atoms with Crippen LogP contribution < -0.4 is 10.6 Å². The summed E-state index contributed by atoms with van der Waals surface area (Å²) < 4.78 is 82.8. The monoisotopic (exact) mass is 654 g/mol. The van der Waals surface area contributed by atoms with Crippen LogP contribution in [0, 0.1) is 5.41 Å². The molecule has 1 aliphatic heterocycles. The summed E-state index contributed by atoms with van der Waals surface area (Å²) in [6.07, 6.45) is -0.964. The van der Waals surface area contributed by atoms with Gasteiger partial charge in [0.15, 0.2) is 11.3 Å². The highest BCUT2D eigenvalue weighted by atomic mass is 19.4. The van der Waals surface area contributed by atoms with Gasteiger partial charge in [0.1, 0.15) is 5.69 Å². The number of methoxy groups -OCH3 is 1. The number of carbonyl (C=O) groups excluding carboxylic acids is 2. The molecule has 1 saturated carbocycles. The SMILES string of the molecule is [B]C1([B])NC(=O)N(C(COC)c2cnn3cc(C(CCC(C)(C)C(F)(F)F)NC(=O)c4nonc4C4CC4)nc3c2)C([B])([B])C1(F)F. The van der Waals surface area contributed by atoms with Crippen molar-refractivity contribution in [3.63, 3.8) is 0 Å². The van der Waals surface area contributed by atoms with Gasteiger partial charge in [-0.1, -0.05) is 19.0 Å². The van der Waals surface area contributed by atoms with Crippen molar-refractivity contribution in [2.75, 3.05) is 13.7 Å². The number of urea groups is 1. The van der Waals surface area contributed by atoms with Gasteiger partial charge in [0.2, 0.25) is 0 Å². The lowest BCUT2D eigenvalue weighted by Gasteiger charge is -2.58. The van der Waals surface area contributed by atoms with Crippen molar-refractivity contribution in [2.45, 2.75) is 80.3 Å². The number of nitrogens with one attached hydrogen (secondary N) is 2. The highest BCUT2D eigenvalue weighted by Crippen LogP contribution is 2.45. The number of imidazole rings is 1. The van der Waals surface area contributed by atoms with E-state index in [1.54, 1.807) is 5.32 Å². The zero-order chi connectivity index (χ0) is 34.7. The van der Waals surface area contributed by atoms with Crippen LogP contribution in [0.3, 0.4) is 0 Å². The Bertz CT molecular complexity index is 1660. The molecule has 1 aliphatic carbocycles. The number of amides is 3. The van der Waals surface area contributed by atoms with Gasteiger partial charge in [0.25, 0.3) is 11.8 Å². The van der Waals surface area contributed by atoms with Crippen LogP contribution in [-0.2, 0) is 4.74 Å². The van der Waals surface area contributed by atoms with E-state index in [0.717, 1.165) is 26.7 Å². The van der Waals surface area contributed by atoms with E-state index in [-0.39, 0.29) is 34.9 Å². The van der Waals surface area contributed by atoms with Crippen LogP contribution in [0.5, 0.6) is 0 Å². The van der Waals surface area contributed by atoms with Gasteiger partial charge in [-0.25, -0.2) is 27.7 Å². The van der Waals surface area contributed by atoms with Crippen molar-refractivity contribution in [1.82, 2.24) is 40.4 Å². The number of fused-ring (bicyclic) bond motifs is 1. The van der Waals surface area contributed by atoms with Gasteiger partial charge in [-0.2, -0.15) is 18.3 Å². The normalized spacial score (nSPS) is 20.5. The molecule has 12 nitrogen and oxygen atoms in total. The molecule has 2 atom stereocenters. The second kappa shape index (κ2) is 11.8.